The van der Waals surface area contributed by atoms with Crippen molar-refractivity contribution in [3.8, 4) is 17.4 Å². The number of carbonyl (C=O) groups is 1. The first-order chi connectivity index (χ1) is 12.8. The van der Waals surface area contributed by atoms with E-state index in [-0.39, 0.29) is 22.7 Å². The van der Waals surface area contributed by atoms with Crippen LogP contribution < -0.4 is 5.32 Å². The van der Waals surface area contributed by atoms with Crippen molar-refractivity contribution in [2.75, 3.05) is 5.32 Å². The van der Waals surface area contributed by atoms with Crippen molar-refractivity contribution in [3.05, 3.63) is 71.0 Å². The van der Waals surface area contributed by atoms with Gasteiger partial charge in [-0.3, -0.25) is 10.1 Å². The number of hydrogen-bond donors (Lipinski definition) is 1. The third-order valence-corrected chi connectivity index (χ3v) is 3.76. The molecule has 1 amide bonds. The Kier molecular flexibility index (Phi) is 4.69. The molecular weight excluding hydrogens is 359 g/mol. The lowest BCUT2D eigenvalue weighted by Gasteiger charge is -2.09. The van der Waals surface area contributed by atoms with Gasteiger partial charge < -0.3 is 4.42 Å². The second kappa shape index (κ2) is 6.96. The average Bonchev–Trinajstić information content (AvgIpc) is 3.04. The van der Waals surface area contributed by atoms with Crippen LogP contribution in [0.15, 0.2) is 52.9 Å². The molecule has 1 aromatic carbocycles. The fourth-order valence-corrected chi connectivity index (χ4v) is 2.44. The van der Waals surface area contributed by atoms with Gasteiger partial charge in [0.15, 0.2) is 0 Å². The van der Waals surface area contributed by atoms with Gasteiger partial charge in [-0.1, -0.05) is 30.3 Å². The number of aromatic nitrogens is 1. The molecule has 0 radical (unpaired) electrons. The highest BCUT2D eigenvalue weighted by Crippen LogP contribution is 2.30. The molecule has 3 aromatic rings. The van der Waals surface area contributed by atoms with Gasteiger partial charge in [-0.05, 0) is 19.1 Å². The molecular formula is C19H12F3N3O2. The van der Waals surface area contributed by atoms with Gasteiger partial charge in [0.25, 0.3) is 5.91 Å². The van der Waals surface area contributed by atoms with Crippen molar-refractivity contribution in [2.24, 2.45) is 0 Å². The van der Waals surface area contributed by atoms with Crippen LogP contribution in [0.2, 0.25) is 0 Å². The number of alkyl halides is 3. The topological polar surface area (TPSA) is 78.9 Å². The smallest absolute Gasteiger partial charge is 0.433 e. The molecule has 0 aliphatic heterocycles. The predicted molar refractivity (Wildman–Crippen MR) is 90.8 cm³/mol. The van der Waals surface area contributed by atoms with E-state index in [9.17, 15) is 23.2 Å². The summed E-state index contributed by atoms with van der Waals surface area (Å²) in [7, 11) is 0. The van der Waals surface area contributed by atoms with Crippen molar-refractivity contribution >= 4 is 11.8 Å². The summed E-state index contributed by atoms with van der Waals surface area (Å²) >= 11 is 0. The van der Waals surface area contributed by atoms with Crippen molar-refractivity contribution in [2.45, 2.75) is 13.1 Å². The molecule has 5 nitrogen and oxygen atoms in total. The number of nitrogens with one attached hydrogen (secondary N) is 1. The Morgan fingerprint density at radius 3 is 2.48 bits per heavy atom. The molecule has 0 bridgehead atoms. The van der Waals surface area contributed by atoms with Crippen LogP contribution >= 0.6 is 0 Å². The molecule has 0 saturated heterocycles. The third-order valence-electron chi connectivity index (χ3n) is 3.76. The van der Waals surface area contributed by atoms with Crippen molar-refractivity contribution in [1.29, 1.82) is 5.26 Å². The molecule has 136 valence electrons. The van der Waals surface area contributed by atoms with Gasteiger partial charge in [0.2, 0.25) is 5.88 Å². The Bertz CT molecular complexity index is 1030. The summed E-state index contributed by atoms with van der Waals surface area (Å²) < 4.78 is 43.6. The maximum Gasteiger partial charge on any atom is 0.433 e. The van der Waals surface area contributed by atoms with Gasteiger partial charge in [-0.25, -0.2) is 4.98 Å². The molecule has 0 aliphatic rings. The van der Waals surface area contributed by atoms with Gasteiger partial charge in [0, 0.05) is 11.6 Å². The van der Waals surface area contributed by atoms with Gasteiger partial charge >= 0.3 is 6.18 Å². The summed E-state index contributed by atoms with van der Waals surface area (Å²) in [4.78, 5) is 15.8. The zero-order chi connectivity index (χ0) is 19.6. The van der Waals surface area contributed by atoms with Crippen molar-refractivity contribution in [1.82, 2.24) is 4.98 Å². The fourth-order valence-electron chi connectivity index (χ4n) is 2.44. The lowest BCUT2D eigenvalue weighted by atomic mass is 10.1. The normalized spacial score (nSPS) is 11.1. The lowest BCUT2D eigenvalue weighted by Crippen LogP contribution is -2.16. The summed E-state index contributed by atoms with van der Waals surface area (Å²) in [6, 6.07) is 14.1. The highest BCUT2D eigenvalue weighted by Gasteiger charge is 2.33. The number of amides is 1. The molecule has 0 spiro atoms. The van der Waals surface area contributed by atoms with E-state index in [1.54, 1.807) is 24.3 Å². The van der Waals surface area contributed by atoms with E-state index < -0.39 is 17.8 Å². The minimum Gasteiger partial charge on any atom is -0.439 e. The van der Waals surface area contributed by atoms with E-state index in [1.165, 1.54) is 13.0 Å². The van der Waals surface area contributed by atoms with E-state index in [4.69, 9.17) is 4.42 Å². The van der Waals surface area contributed by atoms with Gasteiger partial charge in [0.05, 0.1) is 11.3 Å². The molecule has 0 fully saturated rings. The Morgan fingerprint density at radius 1 is 1.19 bits per heavy atom. The number of nitriles is 1. The third kappa shape index (κ3) is 3.82. The van der Waals surface area contributed by atoms with Crippen LogP contribution in [0, 0.1) is 18.3 Å². The number of halogens is 3. The Balaban J connectivity index is 1.89. The van der Waals surface area contributed by atoms with E-state index in [2.05, 4.69) is 10.3 Å². The summed E-state index contributed by atoms with van der Waals surface area (Å²) in [5.41, 5.74) is -0.416. The molecule has 0 saturated carbocycles. The van der Waals surface area contributed by atoms with Crippen molar-refractivity contribution in [3.63, 3.8) is 0 Å². The molecule has 0 unspecified atom stereocenters. The van der Waals surface area contributed by atoms with E-state index in [0.717, 1.165) is 12.1 Å². The number of aryl methyl sites for hydroxylation is 1. The Morgan fingerprint density at radius 2 is 1.89 bits per heavy atom. The minimum absolute atomic E-state index is 0.0513. The molecule has 27 heavy (non-hydrogen) atoms. The quantitative estimate of drug-likeness (QED) is 0.718. The number of anilines is 1. The highest BCUT2D eigenvalue weighted by molar-refractivity contribution is 6.05. The van der Waals surface area contributed by atoms with Gasteiger partial charge in [-0.15, -0.1) is 0 Å². The van der Waals surface area contributed by atoms with Crippen LogP contribution in [-0.2, 0) is 6.18 Å². The number of hydrogen-bond acceptors (Lipinski definition) is 4. The van der Waals surface area contributed by atoms with Crippen LogP contribution in [0.4, 0.5) is 19.1 Å². The maximum absolute atomic E-state index is 12.7. The van der Waals surface area contributed by atoms with E-state index in [1.807, 2.05) is 12.1 Å². The molecule has 2 aromatic heterocycles. The van der Waals surface area contributed by atoms with Crippen LogP contribution in [0.5, 0.6) is 0 Å². The second-order valence-corrected chi connectivity index (χ2v) is 5.61. The molecule has 1 N–H and O–H groups in total. The first-order valence-corrected chi connectivity index (χ1v) is 7.75. The average molecular weight is 371 g/mol. The largest absolute Gasteiger partial charge is 0.439 e. The van der Waals surface area contributed by atoms with E-state index >= 15 is 0 Å². The number of rotatable bonds is 3. The SMILES string of the molecule is Cc1nc(C(F)(F)F)ccc1C(=O)Nc1oc(-c2ccccc2)cc1C#N. The monoisotopic (exact) mass is 371 g/mol. The standard InChI is InChI=1S/C19H12F3N3O2/c1-11-14(7-8-16(24-11)19(20,21)22)17(26)25-18-13(10-23)9-15(27-18)12-5-3-2-4-6-12/h2-9H,1H3,(H,25,26). The first kappa shape index (κ1) is 18.2. The number of benzene rings is 1. The summed E-state index contributed by atoms with van der Waals surface area (Å²) in [5, 5.41) is 11.7. The Labute approximate surface area is 152 Å². The number of nitrogens with zero attached hydrogens (tertiary/aromatic N) is 2. The number of carbonyl (C=O) groups excluding carboxylic acids is 1. The van der Waals surface area contributed by atoms with E-state index in [0.29, 0.717) is 11.3 Å². The zero-order valence-corrected chi connectivity index (χ0v) is 14.0. The maximum atomic E-state index is 12.7. The van der Waals surface area contributed by atoms with Crippen LogP contribution in [-0.4, -0.2) is 10.9 Å². The zero-order valence-electron chi connectivity index (χ0n) is 14.0. The van der Waals surface area contributed by atoms with Gasteiger partial charge in [0.1, 0.15) is 23.1 Å². The summed E-state index contributed by atoms with van der Waals surface area (Å²) in [6.07, 6.45) is -4.60. The lowest BCUT2D eigenvalue weighted by molar-refractivity contribution is -0.141. The molecule has 0 atom stereocenters. The van der Waals surface area contributed by atoms with Gasteiger partial charge in [-0.2, -0.15) is 18.4 Å². The molecule has 0 aliphatic carbocycles. The second-order valence-electron chi connectivity index (χ2n) is 5.61. The van der Waals surface area contributed by atoms with Crippen LogP contribution in [0.25, 0.3) is 11.3 Å². The number of pyridine rings is 1. The van der Waals surface area contributed by atoms with Crippen molar-refractivity contribution < 1.29 is 22.4 Å². The van der Waals surface area contributed by atoms with Crippen LogP contribution in [0.1, 0.15) is 27.3 Å². The molecule has 3 rings (SSSR count). The van der Waals surface area contributed by atoms with Crippen LogP contribution in [0.3, 0.4) is 0 Å². The summed E-state index contributed by atoms with van der Waals surface area (Å²) in [6.45, 7) is 1.30. The highest BCUT2D eigenvalue weighted by atomic mass is 19.4. The number of furan rings is 1. The first-order valence-electron chi connectivity index (χ1n) is 7.75. The minimum atomic E-state index is -4.60. The molecule has 2 heterocycles. The molecule has 8 heteroatoms. The summed E-state index contributed by atoms with van der Waals surface area (Å²) in [5.74, 6) is -0.426. The Hall–Kier alpha value is -3.60. The predicted octanol–water partition coefficient (Wildman–Crippen LogP) is 4.79. The fraction of sp³-hybridized carbons (Fsp3) is 0.105.